The zero-order valence-corrected chi connectivity index (χ0v) is 20.7. The van der Waals surface area contributed by atoms with Gasteiger partial charge in [0.1, 0.15) is 11.7 Å². The van der Waals surface area contributed by atoms with Crippen molar-refractivity contribution >= 4 is 40.8 Å². The van der Waals surface area contributed by atoms with E-state index in [9.17, 15) is 4.79 Å². The zero-order valence-electron chi connectivity index (χ0n) is 19.9. The molecule has 180 valence electrons. The van der Waals surface area contributed by atoms with Crippen LogP contribution in [-0.4, -0.2) is 34.8 Å². The molecule has 35 heavy (non-hydrogen) atoms. The number of carbonyl (C=O) groups is 1. The number of hydrogen-bond acceptors (Lipinski definition) is 7. The third-order valence-electron chi connectivity index (χ3n) is 5.31. The summed E-state index contributed by atoms with van der Waals surface area (Å²) >= 11 is 1.43. The second-order valence-corrected chi connectivity index (χ2v) is 9.51. The van der Waals surface area contributed by atoms with Crippen molar-refractivity contribution in [1.82, 2.24) is 9.97 Å². The molecular formula is C26H29N7OS. The molecule has 0 aliphatic carbocycles. The van der Waals surface area contributed by atoms with Crippen LogP contribution in [0, 0.1) is 6.92 Å². The molecular weight excluding hydrogens is 458 g/mol. The number of aromatic nitrogens is 2. The first-order chi connectivity index (χ1) is 16.8. The summed E-state index contributed by atoms with van der Waals surface area (Å²) in [7, 11) is 0. The van der Waals surface area contributed by atoms with Crippen LogP contribution in [-0.2, 0) is 11.2 Å². The Kier molecular flexibility index (Phi) is 7.67. The molecule has 1 aliphatic rings. The molecule has 2 heterocycles. The highest BCUT2D eigenvalue weighted by molar-refractivity contribution is 7.99. The summed E-state index contributed by atoms with van der Waals surface area (Å²) in [6.45, 7) is 5.69. The molecule has 4 rings (SSSR count). The average molecular weight is 488 g/mol. The zero-order chi connectivity index (χ0) is 24.8. The maximum Gasteiger partial charge on any atom is 0.228 e. The van der Waals surface area contributed by atoms with Crippen molar-refractivity contribution in [3.63, 3.8) is 0 Å². The lowest BCUT2D eigenvalue weighted by Gasteiger charge is -2.32. The summed E-state index contributed by atoms with van der Waals surface area (Å²) in [6, 6.07) is 17.4. The van der Waals surface area contributed by atoms with Crippen molar-refractivity contribution < 1.29 is 4.79 Å². The van der Waals surface area contributed by atoms with E-state index < -0.39 is 0 Å². The summed E-state index contributed by atoms with van der Waals surface area (Å²) in [4.78, 5) is 29.2. The van der Waals surface area contributed by atoms with Crippen molar-refractivity contribution in [3.05, 3.63) is 77.5 Å². The van der Waals surface area contributed by atoms with Crippen LogP contribution in [0.3, 0.4) is 0 Å². The molecule has 1 fully saturated rings. The second-order valence-electron chi connectivity index (χ2n) is 8.47. The number of hydrogen-bond donors (Lipinski definition) is 3. The number of nitrogens with zero attached hydrogens (tertiary/aromatic N) is 4. The van der Waals surface area contributed by atoms with Gasteiger partial charge in [0.2, 0.25) is 5.91 Å². The quantitative estimate of drug-likeness (QED) is 0.247. The number of allylic oxidation sites excluding steroid dienone is 1. The Hall–Kier alpha value is -3.85. The minimum absolute atomic E-state index is 0.0540. The van der Waals surface area contributed by atoms with Crippen molar-refractivity contribution in [1.29, 1.82) is 0 Å². The molecule has 0 bridgehead atoms. The van der Waals surface area contributed by atoms with Crippen molar-refractivity contribution in [3.8, 4) is 0 Å². The van der Waals surface area contributed by atoms with Crippen LogP contribution in [0.1, 0.15) is 24.5 Å². The molecule has 5 N–H and O–H groups in total. The lowest BCUT2D eigenvalue weighted by atomic mass is 10.1. The fourth-order valence-corrected chi connectivity index (χ4v) is 4.18. The molecule has 0 atom stereocenters. The maximum absolute atomic E-state index is 12.4. The number of carbonyl (C=O) groups excluding carboxylic acids is 1. The monoisotopic (exact) mass is 487 g/mol. The van der Waals surface area contributed by atoms with Crippen LogP contribution in [0.15, 0.2) is 81.4 Å². The Morgan fingerprint density at radius 3 is 2.46 bits per heavy atom. The fourth-order valence-electron chi connectivity index (χ4n) is 3.42. The van der Waals surface area contributed by atoms with Gasteiger partial charge in [-0.2, -0.15) is 0 Å². The first-order valence-corrected chi connectivity index (χ1v) is 12.2. The van der Waals surface area contributed by atoms with Gasteiger partial charge >= 0.3 is 0 Å². The van der Waals surface area contributed by atoms with Crippen molar-refractivity contribution in [2.75, 3.05) is 23.3 Å². The topological polar surface area (TPSA) is 123 Å². The minimum atomic E-state index is -0.0540. The third kappa shape index (κ3) is 7.07. The van der Waals surface area contributed by atoms with Gasteiger partial charge in [-0.05, 0) is 67.9 Å². The summed E-state index contributed by atoms with van der Waals surface area (Å²) in [6.07, 6.45) is 3.07. The van der Waals surface area contributed by atoms with Crippen LogP contribution in [0.2, 0.25) is 0 Å². The first kappa shape index (κ1) is 24.3. The van der Waals surface area contributed by atoms with Crippen LogP contribution >= 0.6 is 11.8 Å². The van der Waals surface area contributed by atoms with E-state index in [4.69, 9.17) is 16.5 Å². The Balaban J connectivity index is 1.45. The van der Waals surface area contributed by atoms with E-state index in [1.807, 2.05) is 61.5 Å². The average Bonchev–Trinajstić information content (AvgIpc) is 2.75. The molecule has 1 amide bonds. The molecule has 9 heteroatoms. The van der Waals surface area contributed by atoms with Crippen LogP contribution in [0.25, 0.3) is 0 Å². The van der Waals surface area contributed by atoms with Gasteiger partial charge in [0.05, 0.1) is 6.42 Å². The number of anilines is 2. The van der Waals surface area contributed by atoms with Crippen LogP contribution < -0.4 is 21.7 Å². The first-order valence-electron chi connectivity index (χ1n) is 11.4. The number of benzene rings is 2. The molecule has 2 aromatic carbocycles. The molecule has 0 unspecified atom stereocenters. The van der Waals surface area contributed by atoms with Crippen molar-refractivity contribution in [2.24, 2.45) is 16.5 Å². The molecule has 1 aromatic heterocycles. The lowest BCUT2D eigenvalue weighted by Crippen LogP contribution is -2.37. The highest BCUT2D eigenvalue weighted by Gasteiger charge is 2.18. The smallest absolute Gasteiger partial charge is 0.228 e. The molecule has 1 saturated heterocycles. The van der Waals surface area contributed by atoms with E-state index in [1.165, 1.54) is 17.3 Å². The predicted octanol–water partition coefficient (Wildman–Crippen LogP) is 4.18. The molecule has 0 radical (unpaired) electrons. The minimum Gasteiger partial charge on any atom is -0.402 e. The standard InChI is InChI=1S/C26H29N7OS/c1-17-4-6-19(7-5-17)15-25(34)29-20-8-10-21(11-9-20)35-26-31-23(30-22(28)14-18(2)27)16-24(32-26)33-12-3-13-33/h4-11,14,16H,3,12-13,15,27H2,1-2H3,(H,29,34)(H2,28,30,31,32)/b18-14-. The Bertz CT molecular complexity index is 1250. The van der Waals surface area contributed by atoms with Crippen LogP contribution in [0.4, 0.5) is 17.3 Å². The highest BCUT2D eigenvalue weighted by Crippen LogP contribution is 2.31. The number of amidine groups is 1. The van der Waals surface area contributed by atoms with Gasteiger partial charge in [-0.15, -0.1) is 0 Å². The molecule has 1 aliphatic heterocycles. The second kappa shape index (κ2) is 11.1. The van der Waals surface area contributed by atoms with Gasteiger partial charge in [-0.25, -0.2) is 15.0 Å². The van der Waals surface area contributed by atoms with Gasteiger partial charge in [-0.3, -0.25) is 4.79 Å². The molecule has 0 saturated carbocycles. The van der Waals surface area contributed by atoms with E-state index in [0.29, 0.717) is 28.9 Å². The highest BCUT2D eigenvalue weighted by atomic mass is 32.2. The van der Waals surface area contributed by atoms with Gasteiger partial charge in [0.15, 0.2) is 11.0 Å². The van der Waals surface area contributed by atoms with E-state index in [2.05, 4.69) is 20.2 Å². The number of aliphatic imine (C=N–C) groups is 1. The number of nitrogens with one attached hydrogen (secondary N) is 1. The normalized spacial score (nSPS) is 13.9. The van der Waals surface area contributed by atoms with Crippen molar-refractivity contribution in [2.45, 2.75) is 36.7 Å². The fraction of sp³-hybridized carbons (Fsp3) is 0.231. The number of rotatable bonds is 8. The third-order valence-corrected chi connectivity index (χ3v) is 6.18. The number of aryl methyl sites for hydroxylation is 1. The Morgan fingerprint density at radius 1 is 1.11 bits per heavy atom. The van der Waals surface area contributed by atoms with E-state index >= 15 is 0 Å². The number of nitrogens with two attached hydrogens (primary N) is 2. The SMILES string of the molecule is C/C(N)=C/C(N)=Nc1cc(N2CCC2)nc(Sc2ccc(NC(=O)Cc3ccc(C)cc3)cc2)n1. The van der Waals surface area contributed by atoms with E-state index in [1.54, 1.807) is 13.0 Å². The van der Waals surface area contributed by atoms with Gasteiger partial charge < -0.3 is 21.7 Å². The van der Waals surface area contributed by atoms with Gasteiger partial charge in [-0.1, -0.05) is 29.8 Å². The summed E-state index contributed by atoms with van der Waals surface area (Å²) in [5.74, 6) is 1.55. The maximum atomic E-state index is 12.4. The molecule has 8 nitrogen and oxygen atoms in total. The molecule has 3 aromatic rings. The van der Waals surface area contributed by atoms with Crippen LogP contribution in [0.5, 0.6) is 0 Å². The Morgan fingerprint density at radius 2 is 1.83 bits per heavy atom. The lowest BCUT2D eigenvalue weighted by molar-refractivity contribution is -0.115. The predicted molar refractivity (Wildman–Crippen MR) is 142 cm³/mol. The van der Waals surface area contributed by atoms with E-state index in [-0.39, 0.29) is 5.91 Å². The van der Waals surface area contributed by atoms with E-state index in [0.717, 1.165) is 41.5 Å². The summed E-state index contributed by atoms with van der Waals surface area (Å²) in [5.41, 5.74) is 15.1. The largest absolute Gasteiger partial charge is 0.402 e. The summed E-state index contributed by atoms with van der Waals surface area (Å²) in [5, 5.41) is 3.52. The molecule has 0 spiro atoms. The Labute approximate surface area is 209 Å². The number of amides is 1. The summed E-state index contributed by atoms with van der Waals surface area (Å²) < 4.78 is 0. The van der Waals surface area contributed by atoms with Gasteiger partial charge in [0.25, 0.3) is 0 Å². The van der Waals surface area contributed by atoms with Gasteiger partial charge in [0, 0.05) is 35.4 Å².